The zero-order valence-corrected chi connectivity index (χ0v) is 12.7. The molecule has 126 valence electrons. The predicted octanol–water partition coefficient (Wildman–Crippen LogP) is 3.78. The molecule has 1 aliphatic rings. The molecule has 5 nitrogen and oxygen atoms in total. The van der Waals surface area contributed by atoms with Crippen molar-refractivity contribution in [3.8, 4) is 5.75 Å². The molecule has 0 unspecified atom stereocenters. The summed E-state index contributed by atoms with van der Waals surface area (Å²) >= 11 is 0. The van der Waals surface area contributed by atoms with Crippen LogP contribution in [0.1, 0.15) is 6.42 Å². The van der Waals surface area contributed by atoms with Crippen LogP contribution in [0.5, 0.6) is 5.75 Å². The second-order valence-electron chi connectivity index (χ2n) is 5.31. The van der Waals surface area contributed by atoms with Gasteiger partial charge in [-0.2, -0.15) is 0 Å². The van der Waals surface area contributed by atoms with E-state index in [1.165, 1.54) is 12.1 Å². The van der Waals surface area contributed by atoms with Gasteiger partial charge in [0.1, 0.15) is 11.9 Å². The molecule has 2 aromatic rings. The van der Waals surface area contributed by atoms with Gasteiger partial charge in [-0.1, -0.05) is 6.07 Å². The van der Waals surface area contributed by atoms with Crippen molar-refractivity contribution in [1.29, 1.82) is 0 Å². The number of carbonyl (C=O) groups is 1. The molecule has 1 heterocycles. The lowest BCUT2D eigenvalue weighted by atomic mass is 10.2. The zero-order chi connectivity index (χ0) is 16.9. The van der Waals surface area contributed by atoms with Gasteiger partial charge in [-0.15, -0.1) is 0 Å². The molecular formula is C17H16F2N2O3. The molecular weight excluding hydrogens is 318 g/mol. The maximum Gasteiger partial charge on any atom is 0.323 e. The van der Waals surface area contributed by atoms with E-state index < -0.39 is 17.7 Å². The van der Waals surface area contributed by atoms with E-state index in [0.29, 0.717) is 24.7 Å². The van der Waals surface area contributed by atoms with Crippen LogP contribution in [0.2, 0.25) is 0 Å². The Morgan fingerprint density at radius 2 is 1.92 bits per heavy atom. The Bertz CT molecular complexity index is 716. The number of amides is 2. The number of benzene rings is 2. The third-order valence-corrected chi connectivity index (χ3v) is 3.50. The second kappa shape index (κ2) is 7.27. The third-order valence-electron chi connectivity index (χ3n) is 3.50. The van der Waals surface area contributed by atoms with Crippen molar-refractivity contribution >= 4 is 17.4 Å². The van der Waals surface area contributed by atoms with Gasteiger partial charge in [0.2, 0.25) is 0 Å². The lowest BCUT2D eigenvalue weighted by Gasteiger charge is -2.13. The molecule has 24 heavy (non-hydrogen) atoms. The fourth-order valence-electron chi connectivity index (χ4n) is 2.30. The van der Waals surface area contributed by atoms with E-state index in [9.17, 15) is 13.6 Å². The normalized spacial score (nSPS) is 16.7. The molecule has 1 aliphatic heterocycles. The van der Waals surface area contributed by atoms with Crippen LogP contribution in [0, 0.1) is 11.6 Å². The van der Waals surface area contributed by atoms with Crippen LogP contribution >= 0.6 is 0 Å². The summed E-state index contributed by atoms with van der Waals surface area (Å²) in [7, 11) is 0. The number of halogens is 2. The molecule has 2 N–H and O–H groups in total. The Labute approximate surface area is 137 Å². The van der Waals surface area contributed by atoms with Crippen LogP contribution in [0.25, 0.3) is 0 Å². The minimum atomic E-state index is -1.10. The lowest BCUT2D eigenvalue weighted by Crippen LogP contribution is -2.20. The summed E-state index contributed by atoms with van der Waals surface area (Å²) in [6.45, 7) is 1.27. The number of hydrogen-bond acceptors (Lipinski definition) is 3. The van der Waals surface area contributed by atoms with Crippen molar-refractivity contribution < 1.29 is 23.0 Å². The van der Waals surface area contributed by atoms with Crippen LogP contribution in [0.4, 0.5) is 25.0 Å². The highest BCUT2D eigenvalue weighted by Gasteiger charge is 2.17. The van der Waals surface area contributed by atoms with E-state index in [2.05, 4.69) is 10.6 Å². The van der Waals surface area contributed by atoms with Gasteiger partial charge in [-0.05, 0) is 36.4 Å². The van der Waals surface area contributed by atoms with Crippen LogP contribution in [0.3, 0.4) is 0 Å². The van der Waals surface area contributed by atoms with Gasteiger partial charge in [-0.25, -0.2) is 13.6 Å². The average molecular weight is 334 g/mol. The van der Waals surface area contributed by atoms with Crippen molar-refractivity contribution in [2.45, 2.75) is 12.5 Å². The van der Waals surface area contributed by atoms with Crippen molar-refractivity contribution in [2.75, 3.05) is 23.8 Å². The van der Waals surface area contributed by atoms with Crippen LogP contribution in [-0.4, -0.2) is 25.3 Å². The monoisotopic (exact) mass is 334 g/mol. The number of carbonyl (C=O) groups excluding carboxylic acids is 1. The first-order chi connectivity index (χ1) is 11.6. The topological polar surface area (TPSA) is 59.6 Å². The Kier molecular flexibility index (Phi) is 4.90. The van der Waals surface area contributed by atoms with Gasteiger partial charge in [-0.3, -0.25) is 0 Å². The molecule has 0 radical (unpaired) electrons. The first kappa shape index (κ1) is 16.2. The molecule has 0 bridgehead atoms. The van der Waals surface area contributed by atoms with Gasteiger partial charge in [0.05, 0.1) is 18.9 Å². The van der Waals surface area contributed by atoms with Gasteiger partial charge >= 0.3 is 6.03 Å². The fraction of sp³-hybridized carbons (Fsp3) is 0.235. The van der Waals surface area contributed by atoms with Gasteiger partial charge in [0.25, 0.3) is 0 Å². The van der Waals surface area contributed by atoms with Crippen molar-refractivity contribution in [1.82, 2.24) is 0 Å². The van der Waals surface area contributed by atoms with Crippen LogP contribution in [-0.2, 0) is 4.74 Å². The minimum absolute atomic E-state index is 0.0445. The Morgan fingerprint density at radius 3 is 2.62 bits per heavy atom. The van der Waals surface area contributed by atoms with Crippen molar-refractivity contribution in [3.63, 3.8) is 0 Å². The molecule has 3 rings (SSSR count). The summed E-state index contributed by atoms with van der Waals surface area (Å²) in [5, 5.41) is 4.80. The smallest absolute Gasteiger partial charge is 0.323 e. The zero-order valence-electron chi connectivity index (χ0n) is 12.7. The third kappa shape index (κ3) is 3.99. The van der Waals surface area contributed by atoms with E-state index in [-0.39, 0.29) is 11.8 Å². The van der Waals surface area contributed by atoms with E-state index in [4.69, 9.17) is 9.47 Å². The molecule has 2 amide bonds. The van der Waals surface area contributed by atoms with Crippen molar-refractivity contribution in [3.05, 3.63) is 54.1 Å². The number of ether oxygens (including phenoxy) is 2. The molecule has 0 aliphatic carbocycles. The Hall–Kier alpha value is -2.67. The molecule has 2 aromatic carbocycles. The van der Waals surface area contributed by atoms with Gasteiger partial charge < -0.3 is 20.1 Å². The first-order valence-corrected chi connectivity index (χ1v) is 7.48. The molecule has 0 saturated carbocycles. The highest BCUT2D eigenvalue weighted by molar-refractivity contribution is 5.99. The first-order valence-electron chi connectivity index (χ1n) is 7.48. The molecule has 7 heteroatoms. The van der Waals surface area contributed by atoms with Gasteiger partial charge in [0.15, 0.2) is 11.6 Å². The SMILES string of the molecule is O=C(Nc1ccc(O[C@@H]2CCOC2)cc1)Nc1cccc(F)c1F. The van der Waals surface area contributed by atoms with E-state index in [0.717, 1.165) is 12.5 Å². The maximum absolute atomic E-state index is 13.5. The lowest BCUT2D eigenvalue weighted by molar-refractivity contribution is 0.141. The molecule has 1 saturated heterocycles. The largest absolute Gasteiger partial charge is 0.488 e. The standard InChI is InChI=1S/C17H16F2N2O3/c18-14-2-1-3-15(16(14)19)21-17(22)20-11-4-6-12(7-5-11)24-13-8-9-23-10-13/h1-7,13H,8-10H2,(H2,20,21,22)/t13-/m1/s1. The van der Waals surface area contributed by atoms with E-state index in [1.807, 2.05) is 0 Å². The highest BCUT2D eigenvalue weighted by atomic mass is 19.2. The summed E-state index contributed by atoms with van der Waals surface area (Å²) < 4.78 is 37.5. The predicted molar refractivity (Wildman–Crippen MR) is 85.3 cm³/mol. The fourth-order valence-corrected chi connectivity index (χ4v) is 2.30. The summed E-state index contributed by atoms with van der Waals surface area (Å²) in [6, 6.07) is 9.66. The minimum Gasteiger partial charge on any atom is -0.488 e. The molecule has 0 spiro atoms. The number of rotatable bonds is 4. The maximum atomic E-state index is 13.5. The number of anilines is 2. The summed E-state index contributed by atoms with van der Waals surface area (Å²) in [5.74, 6) is -1.45. The molecule has 0 aromatic heterocycles. The highest BCUT2D eigenvalue weighted by Crippen LogP contribution is 2.20. The quantitative estimate of drug-likeness (QED) is 0.895. The van der Waals surface area contributed by atoms with E-state index in [1.54, 1.807) is 24.3 Å². The average Bonchev–Trinajstić information content (AvgIpc) is 3.07. The molecule has 1 fully saturated rings. The van der Waals surface area contributed by atoms with E-state index >= 15 is 0 Å². The molecule has 1 atom stereocenters. The van der Waals surface area contributed by atoms with Crippen LogP contribution in [0.15, 0.2) is 42.5 Å². The summed E-state index contributed by atoms with van der Waals surface area (Å²) in [5.41, 5.74) is 0.271. The number of hydrogen-bond donors (Lipinski definition) is 2. The number of urea groups is 1. The second-order valence-corrected chi connectivity index (χ2v) is 5.31. The summed E-state index contributed by atoms with van der Waals surface area (Å²) in [6.07, 6.45) is 0.893. The Morgan fingerprint density at radius 1 is 1.12 bits per heavy atom. The Balaban J connectivity index is 1.57. The van der Waals surface area contributed by atoms with Crippen LogP contribution < -0.4 is 15.4 Å². The van der Waals surface area contributed by atoms with Crippen molar-refractivity contribution in [2.24, 2.45) is 0 Å². The van der Waals surface area contributed by atoms with Gasteiger partial charge in [0, 0.05) is 12.1 Å². The summed E-state index contributed by atoms with van der Waals surface area (Å²) in [4.78, 5) is 11.8. The number of nitrogens with one attached hydrogen (secondary N) is 2.